The van der Waals surface area contributed by atoms with E-state index in [0.717, 1.165) is 11.5 Å². The molecule has 1 atom stereocenters. The van der Waals surface area contributed by atoms with Crippen molar-refractivity contribution in [3.8, 4) is 0 Å². The number of carbonyl (C=O) groups excluding carboxylic acids is 1. The maximum Gasteiger partial charge on any atom is 0.232 e. The molecule has 2 rings (SSSR count). The van der Waals surface area contributed by atoms with Crippen LogP contribution in [0.2, 0.25) is 0 Å². The van der Waals surface area contributed by atoms with Gasteiger partial charge in [-0.25, -0.2) is 0 Å². The number of pyridine rings is 1. The van der Waals surface area contributed by atoms with Gasteiger partial charge in [-0.1, -0.05) is 6.07 Å². The van der Waals surface area contributed by atoms with E-state index < -0.39 is 0 Å². The molecule has 2 heterocycles. The second-order valence-electron chi connectivity index (χ2n) is 3.96. The molecule has 2 aromatic heterocycles. The van der Waals surface area contributed by atoms with Gasteiger partial charge >= 0.3 is 0 Å². The Morgan fingerprint density at radius 3 is 3.11 bits per heavy atom. The summed E-state index contributed by atoms with van der Waals surface area (Å²) in [6.45, 7) is 2.48. The Kier molecular flexibility index (Phi) is 4.19. The fourth-order valence-electron chi connectivity index (χ4n) is 1.61. The van der Waals surface area contributed by atoms with E-state index in [-0.39, 0.29) is 11.2 Å². The number of rotatable bonds is 5. The van der Waals surface area contributed by atoms with Crippen molar-refractivity contribution in [3.05, 3.63) is 30.2 Å². The number of fused-ring (bicyclic) bond motifs is 1. The first-order chi connectivity index (χ1) is 8.72. The van der Waals surface area contributed by atoms with Gasteiger partial charge in [-0.2, -0.15) is 11.8 Å². The largest absolute Gasteiger partial charge is 0.355 e. The van der Waals surface area contributed by atoms with Crippen LogP contribution in [0, 0.1) is 0 Å². The molecular weight excluding hydrogens is 248 g/mol. The summed E-state index contributed by atoms with van der Waals surface area (Å²) in [5.74, 6) is 0.930. The fourth-order valence-corrected chi connectivity index (χ4v) is 1.91. The molecule has 0 aliphatic rings. The summed E-state index contributed by atoms with van der Waals surface area (Å²) in [4.78, 5) is 11.6. The van der Waals surface area contributed by atoms with Crippen LogP contribution < -0.4 is 5.32 Å². The van der Waals surface area contributed by atoms with Gasteiger partial charge in [-0.3, -0.25) is 9.20 Å². The smallest absolute Gasteiger partial charge is 0.232 e. The number of hydrogen-bond acceptors (Lipinski definition) is 4. The zero-order valence-corrected chi connectivity index (χ0v) is 11.3. The van der Waals surface area contributed by atoms with Gasteiger partial charge in [-0.05, 0) is 25.3 Å². The highest BCUT2D eigenvalue weighted by Gasteiger charge is 2.10. The molecule has 0 saturated heterocycles. The molecule has 0 fully saturated rings. The van der Waals surface area contributed by atoms with Crippen LogP contribution in [-0.2, 0) is 11.2 Å². The number of thioether (sulfide) groups is 1. The van der Waals surface area contributed by atoms with Crippen LogP contribution in [-0.4, -0.2) is 38.6 Å². The number of amides is 1. The highest BCUT2D eigenvalue weighted by Crippen LogP contribution is 2.05. The van der Waals surface area contributed by atoms with E-state index in [2.05, 4.69) is 15.5 Å². The molecule has 0 saturated carbocycles. The van der Waals surface area contributed by atoms with Crippen molar-refractivity contribution in [2.24, 2.45) is 0 Å². The predicted molar refractivity (Wildman–Crippen MR) is 72.7 cm³/mol. The van der Waals surface area contributed by atoms with Crippen molar-refractivity contribution in [2.75, 3.05) is 12.8 Å². The lowest BCUT2D eigenvalue weighted by Crippen LogP contribution is -2.32. The maximum atomic E-state index is 11.6. The van der Waals surface area contributed by atoms with Crippen LogP contribution in [0.5, 0.6) is 0 Å². The van der Waals surface area contributed by atoms with Crippen molar-refractivity contribution in [3.63, 3.8) is 0 Å². The molecule has 0 bridgehead atoms. The number of aromatic nitrogens is 3. The topological polar surface area (TPSA) is 59.3 Å². The first-order valence-corrected chi connectivity index (χ1v) is 7.10. The van der Waals surface area contributed by atoms with E-state index in [1.54, 1.807) is 0 Å². The van der Waals surface area contributed by atoms with E-state index in [4.69, 9.17) is 0 Å². The molecule has 1 N–H and O–H groups in total. The van der Waals surface area contributed by atoms with Crippen LogP contribution in [0.25, 0.3) is 5.65 Å². The molecule has 1 amide bonds. The zero-order chi connectivity index (χ0) is 13.0. The molecule has 18 heavy (non-hydrogen) atoms. The van der Waals surface area contributed by atoms with E-state index in [0.29, 0.717) is 13.0 Å². The third kappa shape index (κ3) is 2.81. The Morgan fingerprint density at radius 2 is 2.33 bits per heavy atom. The first kappa shape index (κ1) is 12.9. The Hall–Kier alpha value is -1.56. The molecule has 2 aromatic rings. The maximum absolute atomic E-state index is 11.6. The Bertz CT molecular complexity index is 540. The number of nitrogens with zero attached hydrogens (tertiary/aromatic N) is 3. The normalized spacial score (nSPS) is 12.6. The molecule has 5 nitrogen and oxygen atoms in total. The minimum absolute atomic E-state index is 0.0138. The van der Waals surface area contributed by atoms with Gasteiger partial charge in [0.05, 0.1) is 5.25 Å². The van der Waals surface area contributed by atoms with E-state index >= 15 is 0 Å². The van der Waals surface area contributed by atoms with Gasteiger partial charge < -0.3 is 5.32 Å². The van der Waals surface area contributed by atoms with Crippen molar-refractivity contribution >= 4 is 23.3 Å². The predicted octanol–water partition coefficient (Wildman–Crippen LogP) is 1.14. The van der Waals surface area contributed by atoms with Crippen LogP contribution in [0.1, 0.15) is 12.7 Å². The second kappa shape index (κ2) is 5.86. The van der Waals surface area contributed by atoms with Crippen molar-refractivity contribution < 1.29 is 4.79 Å². The highest BCUT2D eigenvalue weighted by atomic mass is 32.2. The quantitative estimate of drug-likeness (QED) is 0.880. The number of nitrogens with one attached hydrogen (secondary N) is 1. The minimum Gasteiger partial charge on any atom is -0.355 e. The monoisotopic (exact) mass is 264 g/mol. The van der Waals surface area contributed by atoms with Gasteiger partial charge in [0.15, 0.2) is 5.65 Å². The molecule has 0 spiro atoms. The lowest BCUT2D eigenvalue weighted by molar-refractivity contribution is -0.120. The summed E-state index contributed by atoms with van der Waals surface area (Å²) < 4.78 is 1.93. The summed E-state index contributed by atoms with van der Waals surface area (Å²) in [5.41, 5.74) is 0.830. The van der Waals surface area contributed by atoms with Gasteiger partial charge in [0.2, 0.25) is 5.91 Å². The molecule has 1 unspecified atom stereocenters. The third-order valence-electron chi connectivity index (χ3n) is 2.75. The van der Waals surface area contributed by atoms with Crippen LogP contribution in [0.3, 0.4) is 0 Å². The molecule has 0 aromatic carbocycles. The van der Waals surface area contributed by atoms with Crippen LogP contribution in [0.15, 0.2) is 24.4 Å². The lowest BCUT2D eigenvalue weighted by atomic mass is 10.3. The second-order valence-corrected chi connectivity index (χ2v) is 5.14. The minimum atomic E-state index is -0.0138. The number of carbonyl (C=O) groups is 1. The molecule has 0 radical (unpaired) electrons. The van der Waals surface area contributed by atoms with Gasteiger partial charge in [0, 0.05) is 19.2 Å². The van der Waals surface area contributed by atoms with Gasteiger partial charge in [0.25, 0.3) is 0 Å². The number of hydrogen-bond donors (Lipinski definition) is 1. The average Bonchev–Trinajstić information content (AvgIpc) is 2.81. The molecule has 6 heteroatoms. The van der Waals surface area contributed by atoms with Crippen molar-refractivity contribution in [1.82, 2.24) is 19.9 Å². The van der Waals surface area contributed by atoms with E-state index in [1.165, 1.54) is 11.8 Å². The summed E-state index contributed by atoms with van der Waals surface area (Å²) in [6, 6.07) is 5.77. The van der Waals surface area contributed by atoms with E-state index in [1.807, 2.05) is 42.0 Å². The summed E-state index contributed by atoms with van der Waals surface area (Å²) in [6.07, 6.45) is 4.53. The first-order valence-electron chi connectivity index (χ1n) is 5.81. The zero-order valence-electron chi connectivity index (χ0n) is 10.5. The third-order valence-corrected chi connectivity index (χ3v) is 3.68. The van der Waals surface area contributed by atoms with Gasteiger partial charge in [-0.15, -0.1) is 10.2 Å². The van der Waals surface area contributed by atoms with Crippen molar-refractivity contribution in [2.45, 2.75) is 18.6 Å². The van der Waals surface area contributed by atoms with Crippen LogP contribution in [0.4, 0.5) is 0 Å². The molecular formula is C12H16N4OS. The van der Waals surface area contributed by atoms with Crippen molar-refractivity contribution in [1.29, 1.82) is 0 Å². The fraction of sp³-hybridized carbons (Fsp3) is 0.417. The summed E-state index contributed by atoms with van der Waals surface area (Å²) in [7, 11) is 0. The molecule has 96 valence electrons. The van der Waals surface area contributed by atoms with E-state index in [9.17, 15) is 4.79 Å². The Morgan fingerprint density at radius 1 is 1.50 bits per heavy atom. The standard InChI is InChI=1S/C12H16N4OS/c1-9(18-2)12(17)13-7-6-11-15-14-10-5-3-4-8-16(10)11/h3-5,8-9H,6-7H2,1-2H3,(H,13,17). The molecule has 0 aliphatic carbocycles. The highest BCUT2D eigenvalue weighted by molar-refractivity contribution is 7.99. The lowest BCUT2D eigenvalue weighted by Gasteiger charge is -2.08. The average molecular weight is 264 g/mol. The summed E-state index contributed by atoms with van der Waals surface area (Å²) in [5, 5.41) is 11.1. The Balaban J connectivity index is 1.93. The van der Waals surface area contributed by atoms with Gasteiger partial charge in [0.1, 0.15) is 5.82 Å². The molecule has 0 aliphatic heterocycles. The Labute approximate surface area is 110 Å². The SMILES string of the molecule is CSC(C)C(=O)NCCc1nnc2ccccn12. The summed E-state index contributed by atoms with van der Waals surface area (Å²) >= 11 is 1.54. The van der Waals surface area contributed by atoms with Crippen LogP contribution >= 0.6 is 11.8 Å².